The van der Waals surface area contributed by atoms with Gasteiger partial charge in [-0.3, -0.25) is 0 Å². The van der Waals surface area contributed by atoms with Gasteiger partial charge in [0.2, 0.25) is 0 Å². The lowest BCUT2D eigenvalue weighted by Gasteiger charge is -2.19. The smallest absolute Gasteiger partial charge is 0.0725 e. The van der Waals surface area contributed by atoms with Crippen LogP contribution in [0.2, 0.25) is 0 Å². The number of hydrogen-bond acceptors (Lipinski definition) is 2. The standard InChI is InChI=1S/C15H21NO/c1-4-16-15(7-11(2)3)12-5-6-13-9-17-10-14(13)8-12/h5-6,8,15-16H,2,4,7,9-10H2,1,3H3. The fraction of sp³-hybridized carbons (Fsp3) is 0.467. The summed E-state index contributed by atoms with van der Waals surface area (Å²) in [6.07, 6.45) is 0.994. The van der Waals surface area contributed by atoms with Gasteiger partial charge in [0.15, 0.2) is 0 Å². The van der Waals surface area contributed by atoms with Crippen LogP contribution in [-0.2, 0) is 18.0 Å². The minimum absolute atomic E-state index is 0.378. The van der Waals surface area contributed by atoms with Gasteiger partial charge in [-0.05, 0) is 36.6 Å². The van der Waals surface area contributed by atoms with Crippen molar-refractivity contribution >= 4 is 0 Å². The largest absolute Gasteiger partial charge is 0.372 e. The van der Waals surface area contributed by atoms with E-state index in [9.17, 15) is 0 Å². The SMILES string of the molecule is C=C(C)CC(NCC)c1ccc2c(c1)COC2. The third-order valence-electron chi connectivity index (χ3n) is 3.15. The van der Waals surface area contributed by atoms with Crippen LogP contribution in [0, 0.1) is 0 Å². The molecule has 0 saturated carbocycles. The van der Waals surface area contributed by atoms with E-state index in [1.807, 2.05) is 0 Å². The van der Waals surface area contributed by atoms with Crippen molar-refractivity contribution in [2.75, 3.05) is 6.54 Å². The first-order chi connectivity index (χ1) is 8.20. The van der Waals surface area contributed by atoms with Crippen LogP contribution in [0.5, 0.6) is 0 Å². The maximum Gasteiger partial charge on any atom is 0.0725 e. The van der Waals surface area contributed by atoms with Crippen molar-refractivity contribution in [1.29, 1.82) is 0 Å². The number of fused-ring (bicyclic) bond motifs is 1. The Balaban J connectivity index is 2.20. The first-order valence-electron chi connectivity index (χ1n) is 6.28. The maximum absolute atomic E-state index is 5.45. The number of benzene rings is 1. The fourth-order valence-electron chi connectivity index (χ4n) is 2.31. The number of nitrogens with one attached hydrogen (secondary N) is 1. The third kappa shape index (κ3) is 2.96. The lowest BCUT2D eigenvalue weighted by atomic mass is 9.97. The highest BCUT2D eigenvalue weighted by Crippen LogP contribution is 2.26. The zero-order chi connectivity index (χ0) is 12.3. The third-order valence-corrected chi connectivity index (χ3v) is 3.15. The van der Waals surface area contributed by atoms with E-state index in [0.29, 0.717) is 6.04 Å². The van der Waals surface area contributed by atoms with Gasteiger partial charge < -0.3 is 10.1 Å². The molecule has 1 N–H and O–H groups in total. The first-order valence-corrected chi connectivity index (χ1v) is 6.28. The van der Waals surface area contributed by atoms with Gasteiger partial charge in [-0.1, -0.05) is 30.7 Å². The Labute approximate surface area is 104 Å². The fourth-order valence-corrected chi connectivity index (χ4v) is 2.31. The zero-order valence-electron chi connectivity index (χ0n) is 10.8. The molecule has 1 aromatic carbocycles. The summed E-state index contributed by atoms with van der Waals surface area (Å²) in [6, 6.07) is 7.06. The highest BCUT2D eigenvalue weighted by atomic mass is 16.5. The quantitative estimate of drug-likeness (QED) is 0.785. The second kappa shape index (κ2) is 5.48. The van der Waals surface area contributed by atoms with Crippen molar-refractivity contribution in [3.05, 3.63) is 47.0 Å². The van der Waals surface area contributed by atoms with Crippen molar-refractivity contribution in [2.24, 2.45) is 0 Å². The normalized spacial score (nSPS) is 15.6. The van der Waals surface area contributed by atoms with Crippen molar-refractivity contribution in [3.63, 3.8) is 0 Å². The van der Waals surface area contributed by atoms with Crippen molar-refractivity contribution in [2.45, 2.75) is 39.5 Å². The molecule has 0 amide bonds. The Bertz CT molecular complexity index is 411. The molecule has 17 heavy (non-hydrogen) atoms. The van der Waals surface area contributed by atoms with Crippen LogP contribution in [0.3, 0.4) is 0 Å². The lowest BCUT2D eigenvalue weighted by Crippen LogP contribution is -2.21. The molecule has 1 aliphatic heterocycles. The highest BCUT2D eigenvalue weighted by molar-refractivity contribution is 5.35. The number of ether oxygens (including phenoxy) is 1. The molecule has 1 heterocycles. The molecule has 0 aliphatic carbocycles. The molecular formula is C15H21NO. The summed E-state index contributed by atoms with van der Waals surface area (Å²) in [7, 11) is 0. The van der Waals surface area contributed by atoms with E-state index in [0.717, 1.165) is 26.2 Å². The predicted octanol–water partition coefficient (Wildman–Crippen LogP) is 3.33. The predicted molar refractivity (Wildman–Crippen MR) is 70.8 cm³/mol. The van der Waals surface area contributed by atoms with Gasteiger partial charge in [0, 0.05) is 6.04 Å². The Kier molecular flexibility index (Phi) is 3.97. The molecule has 0 aromatic heterocycles. The molecule has 1 unspecified atom stereocenters. The van der Waals surface area contributed by atoms with Gasteiger partial charge in [0.05, 0.1) is 13.2 Å². The van der Waals surface area contributed by atoms with Gasteiger partial charge in [-0.15, -0.1) is 6.58 Å². The van der Waals surface area contributed by atoms with Crippen molar-refractivity contribution in [1.82, 2.24) is 5.32 Å². The maximum atomic E-state index is 5.45. The molecule has 2 rings (SSSR count). The Morgan fingerprint density at radius 3 is 2.88 bits per heavy atom. The number of hydrogen-bond donors (Lipinski definition) is 1. The summed E-state index contributed by atoms with van der Waals surface area (Å²) in [5.41, 5.74) is 5.23. The molecule has 0 radical (unpaired) electrons. The van der Waals surface area contributed by atoms with Crippen LogP contribution >= 0.6 is 0 Å². The molecule has 2 nitrogen and oxygen atoms in total. The van der Waals surface area contributed by atoms with Gasteiger partial charge in [-0.25, -0.2) is 0 Å². The Morgan fingerprint density at radius 1 is 1.41 bits per heavy atom. The molecule has 1 aliphatic rings. The van der Waals surface area contributed by atoms with Crippen molar-refractivity contribution in [3.8, 4) is 0 Å². The van der Waals surface area contributed by atoms with Gasteiger partial charge in [0.1, 0.15) is 0 Å². The van der Waals surface area contributed by atoms with Crippen LogP contribution in [0.1, 0.15) is 43.0 Å². The molecule has 0 saturated heterocycles. The molecule has 1 atom stereocenters. The molecule has 2 heteroatoms. The van der Waals surface area contributed by atoms with E-state index in [1.54, 1.807) is 0 Å². The van der Waals surface area contributed by atoms with Gasteiger partial charge in [0.25, 0.3) is 0 Å². The molecule has 92 valence electrons. The van der Waals surface area contributed by atoms with E-state index in [4.69, 9.17) is 4.74 Å². The average Bonchev–Trinajstić information content (AvgIpc) is 2.74. The van der Waals surface area contributed by atoms with E-state index in [-0.39, 0.29) is 0 Å². The van der Waals surface area contributed by atoms with Crippen LogP contribution in [0.25, 0.3) is 0 Å². The average molecular weight is 231 g/mol. The molecule has 0 spiro atoms. The molecule has 0 bridgehead atoms. The summed E-state index contributed by atoms with van der Waals surface area (Å²) >= 11 is 0. The van der Waals surface area contributed by atoms with E-state index >= 15 is 0 Å². The summed E-state index contributed by atoms with van der Waals surface area (Å²) < 4.78 is 5.45. The zero-order valence-corrected chi connectivity index (χ0v) is 10.8. The topological polar surface area (TPSA) is 21.3 Å². The second-order valence-electron chi connectivity index (χ2n) is 4.79. The summed E-state index contributed by atoms with van der Waals surface area (Å²) in [5.74, 6) is 0. The Hall–Kier alpha value is -1.12. The summed E-state index contributed by atoms with van der Waals surface area (Å²) in [6.45, 7) is 10.7. The summed E-state index contributed by atoms with van der Waals surface area (Å²) in [5, 5.41) is 3.52. The Morgan fingerprint density at radius 2 is 2.18 bits per heavy atom. The minimum Gasteiger partial charge on any atom is -0.372 e. The number of rotatable bonds is 5. The summed E-state index contributed by atoms with van der Waals surface area (Å²) in [4.78, 5) is 0. The molecular weight excluding hydrogens is 210 g/mol. The van der Waals surface area contributed by atoms with Crippen LogP contribution in [0.15, 0.2) is 30.4 Å². The van der Waals surface area contributed by atoms with Gasteiger partial charge in [-0.2, -0.15) is 0 Å². The lowest BCUT2D eigenvalue weighted by molar-refractivity contribution is 0.134. The van der Waals surface area contributed by atoms with E-state index in [1.165, 1.54) is 22.3 Å². The minimum atomic E-state index is 0.378. The van der Waals surface area contributed by atoms with Crippen LogP contribution in [0.4, 0.5) is 0 Å². The second-order valence-corrected chi connectivity index (χ2v) is 4.79. The van der Waals surface area contributed by atoms with Gasteiger partial charge >= 0.3 is 0 Å². The van der Waals surface area contributed by atoms with E-state index in [2.05, 4.69) is 43.9 Å². The van der Waals surface area contributed by atoms with Crippen molar-refractivity contribution < 1.29 is 4.74 Å². The highest BCUT2D eigenvalue weighted by Gasteiger charge is 2.15. The van der Waals surface area contributed by atoms with Crippen LogP contribution < -0.4 is 5.32 Å². The van der Waals surface area contributed by atoms with E-state index < -0.39 is 0 Å². The first kappa shape index (κ1) is 12.3. The molecule has 1 aromatic rings. The monoisotopic (exact) mass is 231 g/mol. The molecule has 0 fully saturated rings. The van der Waals surface area contributed by atoms with Crippen LogP contribution in [-0.4, -0.2) is 6.54 Å².